The average Bonchev–Trinajstić information content (AvgIpc) is 3.32. The van der Waals surface area contributed by atoms with Crippen molar-refractivity contribution in [1.29, 1.82) is 0 Å². The maximum Gasteiger partial charge on any atom is 0.340 e. The Morgan fingerprint density at radius 3 is 2.25 bits per heavy atom. The van der Waals surface area contributed by atoms with E-state index in [1.807, 2.05) is 20.8 Å². The number of hydrogen-bond acceptors (Lipinski definition) is 6. The van der Waals surface area contributed by atoms with Crippen LogP contribution in [0.25, 0.3) is 0 Å². The second-order valence-electron chi connectivity index (χ2n) is 9.01. The van der Waals surface area contributed by atoms with Crippen LogP contribution >= 0.6 is 0 Å². The van der Waals surface area contributed by atoms with Crippen LogP contribution in [0.5, 0.6) is 0 Å². The van der Waals surface area contributed by atoms with Crippen LogP contribution in [0.4, 0.5) is 5.69 Å². The molecule has 1 aromatic rings. The van der Waals surface area contributed by atoms with Gasteiger partial charge >= 0.3 is 5.97 Å². The van der Waals surface area contributed by atoms with Crippen LogP contribution < -0.4 is 10.2 Å². The third-order valence-corrected chi connectivity index (χ3v) is 8.21. The van der Waals surface area contributed by atoms with Gasteiger partial charge in [-0.2, -0.15) is 4.31 Å². The molecule has 1 unspecified atom stereocenters. The number of sulfonamides is 1. The van der Waals surface area contributed by atoms with E-state index in [0.29, 0.717) is 18.8 Å². The Hall–Kier alpha value is -2.13. The molecule has 8 nitrogen and oxygen atoms in total. The van der Waals surface area contributed by atoms with Gasteiger partial charge in [0.05, 0.1) is 16.1 Å². The molecule has 0 spiro atoms. The van der Waals surface area contributed by atoms with Crippen molar-refractivity contribution in [3.63, 3.8) is 0 Å². The zero-order valence-corrected chi connectivity index (χ0v) is 20.1. The lowest BCUT2D eigenvalue weighted by molar-refractivity contribution is -0.125. The SMILES string of the molecule is CC(C)C(C)NC(=O)COC(=O)c1cc(S(=O)(=O)N2CCCCC2)ccc1N1CCCC1. The Labute approximate surface area is 191 Å². The van der Waals surface area contributed by atoms with Crippen LogP contribution in [0.1, 0.15) is 63.2 Å². The number of carbonyl (C=O) groups is 2. The predicted octanol–water partition coefficient (Wildman–Crippen LogP) is 2.78. The van der Waals surface area contributed by atoms with E-state index in [1.54, 1.807) is 12.1 Å². The molecular formula is C23H35N3O5S. The number of nitrogens with zero attached hydrogens (tertiary/aromatic N) is 2. The highest BCUT2D eigenvalue weighted by Crippen LogP contribution is 2.30. The quantitative estimate of drug-likeness (QED) is 0.593. The fourth-order valence-corrected chi connectivity index (χ4v) is 5.54. The first kappa shape index (κ1) is 24.5. The lowest BCUT2D eigenvalue weighted by Gasteiger charge is -2.27. The molecule has 1 N–H and O–H groups in total. The van der Waals surface area contributed by atoms with Gasteiger partial charge in [-0.3, -0.25) is 4.79 Å². The number of benzene rings is 1. The van der Waals surface area contributed by atoms with E-state index >= 15 is 0 Å². The Bertz CT molecular complexity index is 920. The maximum atomic E-state index is 13.1. The Balaban J connectivity index is 1.82. The van der Waals surface area contributed by atoms with Gasteiger partial charge in [-0.15, -0.1) is 0 Å². The topological polar surface area (TPSA) is 96.0 Å². The lowest BCUT2D eigenvalue weighted by atomic mass is 10.1. The first-order chi connectivity index (χ1) is 15.2. The monoisotopic (exact) mass is 465 g/mol. The van der Waals surface area contributed by atoms with Gasteiger partial charge in [-0.05, 0) is 56.7 Å². The van der Waals surface area contributed by atoms with Gasteiger partial charge in [0, 0.05) is 32.2 Å². The van der Waals surface area contributed by atoms with Crippen LogP contribution in [0.15, 0.2) is 23.1 Å². The number of piperidine rings is 1. The number of esters is 1. The molecule has 32 heavy (non-hydrogen) atoms. The summed E-state index contributed by atoms with van der Waals surface area (Å²) in [6, 6.07) is 4.64. The highest BCUT2D eigenvalue weighted by molar-refractivity contribution is 7.89. The molecule has 3 rings (SSSR count). The molecule has 2 fully saturated rings. The first-order valence-corrected chi connectivity index (χ1v) is 13.0. The number of amides is 1. The third kappa shape index (κ3) is 5.81. The van der Waals surface area contributed by atoms with Crippen molar-refractivity contribution < 1.29 is 22.7 Å². The number of anilines is 1. The molecular weight excluding hydrogens is 430 g/mol. The molecule has 1 atom stereocenters. The maximum absolute atomic E-state index is 13.1. The molecule has 2 aliphatic heterocycles. The van der Waals surface area contributed by atoms with E-state index in [2.05, 4.69) is 10.2 Å². The summed E-state index contributed by atoms with van der Waals surface area (Å²) in [6.45, 7) is 8.05. The van der Waals surface area contributed by atoms with E-state index in [-0.39, 0.29) is 28.3 Å². The fraction of sp³-hybridized carbons (Fsp3) is 0.652. The van der Waals surface area contributed by atoms with Crippen LogP contribution in [0.2, 0.25) is 0 Å². The zero-order chi connectivity index (χ0) is 23.3. The van der Waals surface area contributed by atoms with Gasteiger partial charge in [0.2, 0.25) is 10.0 Å². The van der Waals surface area contributed by atoms with Gasteiger partial charge in [-0.1, -0.05) is 20.3 Å². The van der Waals surface area contributed by atoms with Crippen molar-refractivity contribution in [2.45, 2.75) is 63.8 Å². The Morgan fingerprint density at radius 2 is 1.62 bits per heavy atom. The summed E-state index contributed by atoms with van der Waals surface area (Å²) in [4.78, 5) is 27.3. The number of nitrogens with one attached hydrogen (secondary N) is 1. The van der Waals surface area contributed by atoms with Gasteiger partial charge in [-0.25, -0.2) is 13.2 Å². The molecule has 0 aliphatic carbocycles. The van der Waals surface area contributed by atoms with Crippen LogP contribution in [-0.4, -0.2) is 63.4 Å². The van der Waals surface area contributed by atoms with Crippen molar-refractivity contribution in [3.05, 3.63) is 23.8 Å². The average molecular weight is 466 g/mol. The van der Waals surface area contributed by atoms with Crippen LogP contribution in [-0.2, 0) is 19.6 Å². The molecule has 2 aliphatic rings. The predicted molar refractivity (Wildman–Crippen MR) is 123 cm³/mol. The van der Waals surface area contributed by atoms with Crippen molar-refractivity contribution in [2.24, 2.45) is 5.92 Å². The molecule has 2 heterocycles. The van der Waals surface area contributed by atoms with Crippen molar-refractivity contribution in [2.75, 3.05) is 37.7 Å². The number of ether oxygens (including phenoxy) is 1. The fourth-order valence-electron chi connectivity index (χ4n) is 4.00. The normalized spacial score (nSPS) is 18.6. The summed E-state index contributed by atoms with van der Waals surface area (Å²) >= 11 is 0. The molecule has 9 heteroatoms. The van der Waals surface area contributed by atoms with Crippen LogP contribution in [0.3, 0.4) is 0 Å². The molecule has 0 saturated carbocycles. The summed E-state index contributed by atoms with van der Waals surface area (Å²) in [6.07, 6.45) is 4.72. The van der Waals surface area contributed by atoms with Gasteiger partial charge in [0.25, 0.3) is 5.91 Å². The minimum absolute atomic E-state index is 0.0422. The summed E-state index contributed by atoms with van der Waals surface area (Å²) in [7, 11) is -3.69. The summed E-state index contributed by atoms with van der Waals surface area (Å²) in [5, 5.41) is 2.81. The highest BCUT2D eigenvalue weighted by Gasteiger charge is 2.29. The van der Waals surface area contributed by atoms with E-state index in [0.717, 1.165) is 45.2 Å². The molecule has 0 bridgehead atoms. The van der Waals surface area contributed by atoms with Crippen molar-refractivity contribution in [1.82, 2.24) is 9.62 Å². The first-order valence-electron chi connectivity index (χ1n) is 11.6. The van der Waals surface area contributed by atoms with Gasteiger partial charge in [0.1, 0.15) is 0 Å². The molecule has 1 amide bonds. The van der Waals surface area contributed by atoms with Gasteiger partial charge in [0.15, 0.2) is 6.61 Å². The number of carbonyl (C=O) groups excluding carboxylic acids is 2. The Kier molecular flexibility index (Phi) is 8.16. The minimum atomic E-state index is -3.69. The summed E-state index contributed by atoms with van der Waals surface area (Å²) in [5.74, 6) is -0.803. The van der Waals surface area contributed by atoms with Gasteiger partial charge < -0.3 is 15.0 Å². The van der Waals surface area contributed by atoms with E-state index in [9.17, 15) is 18.0 Å². The molecule has 178 valence electrons. The van der Waals surface area contributed by atoms with E-state index < -0.39 is 22.6 Å². The third-order valence-electron chi connectivity index (χ3n) is 6.31. The number of hydrogen-bond donors (Lipinski definition) is 1. The Morgan fingerprint density at radius 1 is 1.00 bits per heavy atom. The standard InChI is InChI=1S/C23H35N3O5S/c1-17(2)18(3)24-22(27)16-31-23(28)20-15-19(9-10-21(20)25-11-7-8-12-25)32(29,30)26-13-5-4-6-14-26/h9-10,15,17-18H,4-8,11-14,16H2,1-3H3,(H,24,27). The molecule has 1 aromatic carbocycles. The largest absolute Gasteiger partial charge is 0.452 e. The summed E-state index contributed by atoms with van der Waals surface area (Å²) < 4.78 is 33.1. The van der Waals surface area contributed by atoms with Crippen molar-refractivity contribution in [3.8, 4) is 0 Å². The van der Waals surface area contributed by atoms with Crippen molar-refractivity contribution >= 4 is 27.6 Å². The summed E-state index contributed by atoms with van der Waals surface area (Å²) in [5.41, 5.74) is 0.843. The van der Waals surface area contributed by atoms with E-state index in [4.69, 9.17) is 4.74 Å². The highest BCUT2D eigenvalue weighted by atomic mass is 32.2. The molecule has 0 radical (unpaired) electrons. The zero-order valence-electron chi connectivity index (χ0n) is 19.3. The lowest BCUT2D eigenvalue weighted by Crippen LogP contribution is -2.38. The second kappa shape index (κ2) is 10.7. The smallest absolute Gasteiger partial charge is 0.340 e. The van der Waals surface area contributed by atoms with E-state index in [1.165, 1.54) is 10.4 Å². The molecule has 0 aromatic heterocycles. The second-order valence-corrected chi connectivity index (χ2v) is 11.0. The van der Waals surface area contributed by atoms with Crippen LogP contribution in [0, 0.1) is 5.92 Å². The number of rotatable bonds is 8. The molecule has 2 saturated heterocycles. The minimum Gasteiger partial charge on any atom is -0.452 e.